The van der Waals surface area contributed by atoms with Crippen LogP contribution in [0.3, 0.4) is 0 Å². The Bertz CT molecular complexity index is 1350. The molecular weight excluding hydrogens is 640 g/mol. The molecule has 0 bridgehead atoms. The van der Waals surface area contributed by atoms with Gasteiger partial charge in [0.2, 0.25) is 11.8 Å². The number of benzene rings is 3. The molecule has 0 atom stereocenters. The number of halogens is 3. The van der Waals surface area contributed by atoms with Gasteiger partial charge in [-0.3, -0.25) is 9.59 Å². The minimum atomic E-state index is -0.364. The van der Waals surface area contributed by atoms with Gasteiger partial charge in [0.05, 0.1) is 16.4 Å². The second-order valence-electron chi connectivity index (χ2n) is 8.38. The molecular formula is C28H28Cl2IN3O4. The standard InChI is InChI=1S/C28H28Cl2IN3O4/c1-4-37-25-13-19(12-23(31)28(25)38-16-20-8-9-21(29)14-22(20)30)15-32-34-27(36)11-10-26(35)33-24-7-5-6-17(2)18(24)3/h5-9,12-15H,4,10-11,16H2,1-3H3,(H,33,35)(H,34,36). The van der Waals surface area contributed by atoms with E-state index in [1.165, 1.54) is 6.21 Å². The normalized spacial score (nSPS) is 10.9. The highest BCUT2D eigenvalue weighted by Gasteiger charge is 2.14. The van der Waals surface area contributed by atoms with Crippen molar-refractivity contribution >= 4 is 69.5 Å². The molecule has 0 aliphatic carbocycles. The smallest absolute Gasteiger partial charge is 0.240 e. The minimum absolute atomic E-state index is 0.00972. The molecule has 3 aromatic carbocycles. The van der Waals surface area contributed by atoms with Crippen LogP contribution in [-0.4, -0.2) is 24.6 Å². The fraction of sp³-hybridized carbons (Fsp3) is 0.250. The van der Waals surface area contributed by atoms with Crippen molar-refractivity contribution in [3.63, 3.8) is 0 Å². The number of carbonyl (C=O) groups is 2. The Labute approximate surface area is 246 Å². The Morgan fingerprint density at radius 1 is 1.03 bits per heavy atom. The lowest BCUT2D eigenvalue weighted by Gasteiger charge is -2.15. The van der Waals surface area contributed by atoms with Gasteiger partial charge in [0.15, 0.2) is 11.5 Å². The lowest BCUT2D eigenvalue weighted by atomic mass is 10.1. The van der Waals surface area contributed by atoms with E-state index in [4.69, 9.17) is 32.7 Å². The van der Waals surface area contributed by atoms with E-state index in [1.54, 1.807) is 18.2 Å². The van der Waals surface area contributed by atoms with E-state index in [0.717, 1.165) is 25.9 Å². The molecule has 7 nitrogen and oxygen atoms in total. The van der Waals surface area contributed by atoms with Gasteiger partial charge in [-0.2, -0.15) is 5.10 Å². The number of ether oxygens (including phenoxy) is 2. The second kappa shape index (κ2) is 14.4. The number of amides is 2. The molecule has 10 heteroatoms. The Kier molecular flexibility index (Phi) is 11.2. The van der Waals surface area contributed by atoms with E-state index in [0.29, 0.717) is 33.7 Å². The van der Waals surface area contributed by atoms with Crippen LogP contribution >= 0.6 is 45.8 Å². The summed E-state index contributed by atoms with van der Waals surface area (Å²) in [6.45, 7) is 6.48. The highest BCUT2D eigenvalue weighted by molar-refractivity contribution is 14.1. The van der Waals surface area contributed by atoms with Gasteiger partial charge in [0, 0.05) is 34.1 Å². The number of hydrogen-bond acceptors (Lipinski definition) is 5. The fourth-order valence-electron chi connectivity index (χ4n) is 3.42. The third-order valence-corrected chi connectivity index (χ3v) is 6.97. The molecule has 0 aliphatic heterocycles. The Morgan fingerprint density at radius 3 is 2.53 bits per heavy atom. The zero-order valence-electron chi connectivity index (χ0n) is 21.2. The summed E-state index contributed by atoms with van der Waals surface area (Å²) in [6, 6.07) is 14.6. The minimum Gasteiger partial charge on any atom is -0.490 e. The van der Waals surface area contributed by atoms with Crippen molar-refractivity contribution in [2.45, 2.75) is 40.2 Å². The number of anilines is 1. The molecule has 0 aliphatic rings. The van der Waals surface area contributed by atoms with Gasteiger partial charge in [-0.1, -0.05) is 41.4 Å². The average Bonchev–Trinajstić information content (AvgIpc) is 2.86. The molecule has 0 radical (unpaired) electrons. The van der Waals surface area contributed by atoms with Crippen LogP contribution in [0, 0.1) is 17.4 Å². The van der Waals surface area contributed by atoms with E-state index >= 15 is 0 Å². The molecule has 0 aromatic heterocycles. The largest absolute Gasteiger partial charge is 0.490 e. The lowest BCUT2D eigenvalue weighted by Crippen LogP contribution is -2.21. The summed E-state index contributed by atoms with van der Waals surface area (Å²) in [4.78, 5) is 24.5. The summed E-state index contributed by atoms with van der Waals surface area (Å²) in [5.74, 6) is 0.524. The average molecular weight is 668 g/mol. The molecule has 3 rings (SSSR count). The molecule has 0 unspecified atom stereocenters. The SMILES string of the molecule is CCOc1cc(C=NNC(=O)CCC(=O)Nc2cccc(C)c2C)cc(I)c1OCc1ccc(Cl)cc1Cl. The fourth-order valence-corrected chi connectivity index (χ4v) is 4.66. The summed E-state index contributed by atoms with van der Waals surface area (Å²) >= 11 is 14.4. The third kappa shape index (κ3) is 8.61. The van der Waals surface area contributed by atoms with Gasteiger partial charge < -0.3 is 14.8 Å². The number of carbonyl (C=O) groups excluding carboxylic acids is 2. The number of nitrogens with one attached hydrogen (secondary N) is 2. The molecule has 0 saturated heterocycles. The van der Waals surface area contributed by atoms with Gasteiger partial charge >= 0.3 is 0 Å². The first-order valence-corrected chi connectivity index (χ1v) is 13.7. The van der Waals surface area contributed by atoms with Crippen LogP contribution in [0.15, 0.2) is 53.6 Å². The van der Waals surface area contributed by atoms with Crippen LogP contribution < -0.4 is 20.2 Å². The second-order valence-corrected chi connectivity index (χ2v) is 10.4. The molecule has 0 saturated carbocycles. The number of nitrogens with zero attached hydrogens (tertiary/aromatic N) is 1. The summed E-state index contributed by atoms with van der Waals surface area (Å²) in [5, 5.41) is 7.95. The van der Waals surface area contributed by atoms with E-state index in [-0.39, 0.29) is 31.3 Å². The first-order chi connectivity index (χ1) is 18.2. The molecule has 38 heavy (non-hydrogen) atoms. The quantitative estimate of drug-likeness (QED) is 0.130. The molecule has 2 N–H and O–H groups in total. The number of hydrazone groups is 1. The van der Waals surface area contributed by atoms with Crippen LogP contribution in [0.2, 0.25) is 10.0 Å². The van der Waals surface area contributed by atoms with Gasteiger partial charge in [-0.15, -0.1) is 0 Å². The summed E-state index contributed by atoms with van der Waals surface area (Å²) < 4.78 is 12.6. The Balaban J connectivity index is 1.57. The summed E-state index contributed by atoms with van der Waals surface area (Å²) in [6.07, 6.45) is 1.57. The van der Waals surface area contributed by atoms with Crippen molar-refractivity contribution in [3.05, 3.63) is 84.4 Å². The first kappa shape index (κ1) is 29.7. The van der Waals surface area contributed by atoms with Crippen molar-refractivity contribution in [2.24, 2.45) is 5.10 Å². The van der Waals surface area contributed by atoms with E-state index in [9.17, 15) is 9.59 Å². The maximum Gasteiger partial charge on any atom is 0.240 e. The molecule has 2 amide bonds. The van der Waals surface area contributed by atoms with Crippen molar-refractivity contribution < 1.29 is 19.1 Å². The van der Waals surface area contributed by atoms with Gasteiger partial charge in [0.1, 0.15) is 6.61 Å². The van der Waals surface area contributed by atoms with Crippen LogP contribution in [0.1, 0.15) is 42.0 Å². The molecule has 0 spiro atoms. The maximum atomic E-state index is 12.3. The van der Waals surface area contributed by atoms with Crippen molar-refractivity contribution in [1.82, 2.24) is 5.43 Å². The number of rotatable bonds is 11. The van der Waals surface area contributed by atoms with Crippen molar-refractivity contribution in [3.8, 4) is 11.5 Å². The van der Waals surface area contributed by atoms with Crippen LogP contribution in [-0.2, 0) is 16.2 Å². The highest BCUT2D eigenvalue weighted by atomic mass is 127. The predicted molar refractivity (Wildman–Crippen MR) is 161 cm³/mol. The van der Waals surface area contributed by atoms with Gasteiger partial charge in [0.25, 0.3) is 0 Å². The van der Waals surface area contributed by atoms with Crippen molar-refractivity contribution in [2.75, 3.05) is 11.9 Å². The molecule has 200 valence electrons. The lowest BCUT2D eigenvalue weighted by molar-refractivity contribution is -0.124. The Hall–Kier alpha value is -2.82. The van der Waals surface area contributed by atoms with E-state index in [1.807, 2.05) is 51.1 Å². The van der Waals surface area contributed by atoms with Gasteiger partial charge in [-0.05, 0) is 90.4 Å². The molecule has 0 fully saturated rings. The van der Waals surface area contributed by atoms with Crippen LogP contribution in [0.4, 0.5) is 5.69 Å². The first-order valence-electron chi connectivity index (χ1n) is 11.9. The summed E-state index contributed by atoms with van der Waals surface area (Å²) in [7, 11) is 0. The third-order valence-electron chi connectivity index (χ3n) is 5.58. The summed E-state index contributed by atoms with van der Waals surface area (Å²) in [5.41, 5.74) is 6.81. The van der Waals surface area contributed by atoms with E-state index in [2.05, 4.69) is 38.4 Å². The van der Waals surface area contributed by atoms with E-state index < -0.39 is 0 Å². The van der Waals surface area contributed by atoms with Crippen LogP contribution in [0.25, 0.3) is 0 Å². The zero-order valence-corrected chi connectivity index (χ0v) is 24.9. The predicted octanol–water partition coefficient (Wildman–Crippen LogP) is 7.06. The number of aryl methyl sites for hydroxylation is 1. The molecule has 0 heterocycles. The zero-order chi connectivity index (χ0) is 27.7. The topological polar surface area (TPSA) is 89.0 Å². The van der Waals surface area contributed by atoms with Crippen molar-refractivity contribution in [1.29, 1.82) is 0 Å². The van der Waals surface area contributed by atoms with Gasteiger partial charge in [-0.25, -0.2) is 5.43 Å². The Morgan fingerprint density at radius 2 is 1.79 bits per heavy atom. The highest BCUT2D eigenvalue weighted by Crippen LogP contribution is 2.35. The monoisotopic (exact) mass is 667 g/mol. The molecule has 3 aromatic rings. The number of hydrogen-bond donors (Lipinski definition) is 2. The maximum absolute atomic E-state index is 12.3. The van der Waals surface area contributed by atoms with Crippen LogP contribution in [0.5, 0.6) is 11.5 Å².